The monoisotopic (exact) mass is 467 g/mol. The Kier molecular flexibility index (Phi) is 7.29. The molecule has 2 aliphatic heterocycles. The highest BCUT2D eigenvalue weighted by molar-refractivity contribution is 6.44. The molecule has 34 heavy (non-hydrogen) atoms. The molecule has 1 N–H and O–H groups in total. The number of hydrogen-bond donors (Lipinski definition) is 1. The Labute approximate surface area is 199 Å². The second kappa shape index (κ2) is 10.4. The summed E-state index contributed by atoms with van der Waals surface area (Å²) in [5, 5.41) is 0. The molecule has 0 aromatic heterocycles. The molecule has 0 radical (unpaired) electrons. The number of benzene rings is 2. The predicted octanol–water partition coefficient (Wildman–Crippen LogP) is 0.879. The quantitative estimate of drug-likeness (QED) is 0.352. The third-order valence-corrected chi connectivity index (χ3v) is 6.68. The van der Waals surface area contributed by atoms with Crippen molar-refractivity contribution in [1.29, 1.82) is 0 Å². The van der Waals surface area contributed by atoms with Crippen LogP contribution >= 0.6 is 0 Å². The number of carbonyl (C=O) groups excluding carboxylic acids is 3. The predicted molar refractivity (Wildman–Crippen MR) is 124 cm³/mol. The van der Waals surface area contributed by atoms with Crippen LogP contribution in [0.2, 0.25) is 0 Å². The van der Waals surface area contributed by atoms with Crippen LogP contribution in [-0.2, 0) is 14.3 Å². The summed E-state index contributed by atoms with van der Waals surface area (Å²) in [7, 11) is 3.07. The molecule has 0 aliphatic carbocycles. The fourth-order valence-corrected chi connectivity index (χ4v) is 4.72. The summed E-state index contributed by atoms with van der Waals surface area (Å²) < 4.78 is 16.2. The second-order valence-electron chi connectivity index (χ2n) is 8.74. The average Bonchev–Trinajstić information content (AvgIpc) is 3.12. The van der Waals surface area contributed by atoms with E-state index in [9.17, 15) is 14.4 Å². The summed E-state index contributed by atoms with van der Waals surface area (Å²) >= 11 is 0. The summed E-state index contributed by atoms with van der Waals surface area (Å²) in [6, 6.07) is 11.7. The van der Waals surface area contributed by atoms with Crippen LogP contribution in [0.1, 0.15) is 27.5 Å². The van der Waals surface area contributed by atoms with Gasteiger partial charge in [0.05, 0.1) is 46.6 Å². The first-order valence-electron chi connectivity index (χ1n) is 11.5. The van der Waals surface area contributed by atoms with Crippen LogP contribution in [0, 0.1) is 12.8 Å². The first-order valence-corrected chi connectivity index (χ1v) is 11.5. The van der Waals surface area contributed by atoms with Crippen LogP contribution in [0.4, 0.5) is 0 Å². The van der Waals surface area contributed by atoms with Crippen molar-refractivity contribution in [3.8, 4) is 11.5 Å². The van der Waals surface area contributed by atoms with Gasteiger partial charge in [0.2, 0.25) is 5.78 Å². The maximum absolute atomic E-state index is 13.5. The zero-order valence-corrected chi connectivity index (χ0v) is 19.8. The Morgan fingerprint density at radius 1 is 1.03 bits per heavy atom. The minimum Gasteiger partial charge on any atom is -0.493 e. The molecule has 2 saturated heterocycles. The zero-order chi connectivity index (χ0) is 24.2. The van der Waals surface area contributed by atoms with E-state index in [0.717, 1.165) is 18.7 Å². The SMILES string of the molecule is COc1ccc(C2C(C(=O)c3ccc(C)cc3)C(=O)C(=O)N2CC[NH+]2CCOCC2)cc1OC. The lowest BCUT2D eigenvalue weighted by atomic mass is 9.86. The molecule has 0 spiro atoms. The Morgan fingerprint density at radius 2 is 1.71 bits per heavy atom. The van der Waals surface area contributed by atoms with E-state index in [1.165, 1.54) is 12.0 Å². The van der Waals surface area contributed by atoms with Gasteiger partial charge in [0.1, 0.15) is 19.0 Å². The molecule has 180 valence electrons. The van der Waals surface area contributed by atoms with Gasteiger partial charge in [-0.25, -0.2) is 0 Å². The van der Waals surface area contributed by atoms with Crippen LogP contribution < -0.4 is 14.4 Å². The molecule has 2 aromatic carbocycles. The topological polar surface area (TPSA) is 86.6 Å². The smallest absolute Gasteiger partial charge is 0.291 e. The Morgan fingerprint density at radius 3 is 2.35 bits per heavy atom. The molecule has 2 fully saturated rings. The van der Waals surface area contributed by atoms with Crippen molar-refractivity contribution >= 4 is 17.5 Å². The Hall–Kier alpha value is -3.23. The number of amides is 1. The molecule has 2 aliphatic rings. The van der Waals surface area contributed by atoms with Crippen LogP contribution in [0.15, 0.2) is 42.5 Å². The fraction of sp³-hybridized carbons (Fsp3) is 0.423. The zero-order valence-electron chi connectivity index (χ0n) is 19.8. The van der Waals surface area contributed by atoms with Gasteiger partial charge in [0, 0.05) is 5.56 Å². The number of morpholine rings is 1. The minimum absolute atomic E-state index is 0.348. The average molecular weight is 468 g/mol. The summed E-state index contributed by atoms with van der Waals surface area (Å²) in [6.07, 6.45) is 0. The molecule has 0 bridgehead atoms. The number of quaternary nitrogens is 1. The van der Waals surface area contributed by atoms with E-state index in [-0.39, 0.29) is 5.78 Å². The first-order chi connectivity index (χ1) is 16.4. The molecule has 4 rings (SSSR count). The number of nitrogens with zero attached hydrogens (tertiary/aromatic N) is 1. The van der Waals surface area contributed by atoms with E-state index < -0.39 is 23.7 Å². The Balaban J connectivity index is 1.71. The normalized spacial score (nSPS) is 21.1. The number of hydrogen-bond acceptors (Lipinski definition) is 6. The van der Waals surface area contributed by atoms with Gasteiger partial charge in [0.15, 0.2) is 17.3 Å². The lowest BCUT2D eigenvalue weighted by Gasteiger charge is -2.30. The summed E-state index contributed by atoms with van der Waals surface area (Å²) in [6.45, 7) is 6.03. The third-order valence-electron chi connectivity index (χ3n) is 6.68. The van der Waals surface area contributed by atoms with Gasteiger partial charge in [-0.2, -0.15) is 0 Å². The van der Waals surface area contributed by atoms with Gasteiger partial charge >= 0.3 is 0 Å². The number of likely N-dealkylation sites (tertiary alicyclic amines) is 1. The van der Waals surface area contributed by atoms with Gasteiger partial charge in [0.25, 0.3) is 5.91 Å². The molecule has 0 saturated carbocycles. The van der Waals surface area contributed by atoms with E-state index in [1.807, 2.05) is 19.1 Å². The van der Waals surface area contributed by atoms with Gasteiger partial charge in [-0.3, -0.25) is 14.4 Å². The molecule has 1 amide bonds. The molecule has 8 nitrogen and oxygen atoms in total. The lowest BCUT2D eigenvalue weighted by Crippen LogP contribution is -3.14. The standard InChI is InChI=1S/C26H30N2O6/c1-17-4-6-18(7-5-17)24(29)22-23(19-8-9-20(32-2)21(16-19)33-3)28(26(31)25(22)30)11-10-27-12-14-34-15-13-27/h4-9,16,22-23H,10-15H2,1-3H3/p+1. The fourth-order valence-electron chi connectivity index (χ4n) is 4.72. The summed E-state index contributed by atoms with van der Waals surface area (Å²) in [5.74, 6) is -1.73. The third kappa shape index (κ3) is 4.69. The summed E-state index contributed by atoms with van der Waals surface area (Å²) in [5.41, 5.74) is 2.10. The van der Waals surface area contributed by atoms with Crippen LogP contribution in [0.25, 0.3) is 0 Å². The van der Waals surface area contributed by atoms with Crippen LogP contribution in [-0.4, -0.2) is 76.0 Å². The first kappa shape index (κ1) is 23.9. The molecular formula is C26H31N2O6+. The number of Topliss-reactive ketones (excluding diaryl/α,β-unsaturated/α-hetero) is 2. The Bertz CT molecular complexity index is 1060. The lowest BCUT2D eigenvalue weighted by molar-refractivity contribution is -0.907. The van der Waals surface area contributed by atoms with E-state index in [0.29, 0.717) is 48.9 Å². The maximum Gasteiger partial charge on any atom is 0.291 e. The van der Waals surface area contributed by atoms with Crippen molar-refractivity contribution in [2.75, 3.05) is 53.6 Å². The molecule has 2 atom stereocenters. The number of ether oxygens (including phenoxy) is 3. The largest absolute Gasteiger partial charge is 0.493 e. The molecule has 2 heterocycles. The highest BCUT2D eigenvalue weighted by atomic mass is 16.5. The van der Waals surface area contributed by atoms with Crippen molar-refractivity contribution < 1.29 is 33.5 Å². The number of aryl methyl sites for hydroxylation is 1. The van der Waals surface area contributed by atoms with E-state index >= 15 is 0 Å². The van der Waals surface area contributed by atoms with E-state index in [4.69, 9.17) is 14.2 Å². The van der Waals surface area contributed by atoms with Gasteiger partial charge < -0.3 is 24.0 Å². The second-order valence-corrected chi connectivity index (χ2v) is 8.74. The van der Waals surface area contributed by atoms with Crippen LogP contribution in [0.3, 0.4) is 0 Å². The van der Waals surface area contributed by atoms with Crippen molar-refractivity contribution in [2.45, 2.75) is 13.0 Å². The van der Waals surface area contributed by atoms with Crippen molar-refractivity contribution in [3.05, 3.63) is 59.2 Å². The molecule has 2 unspecified atom stereocenters. The highest BCUT2D eigenvalue weighted by Gasteiger charge is 2.52. The number of methoxy groups -OCH3 is 2. The number of carbonyl (C=O) groups is 3. The maximum atomic E-state index is 13.5. The minimum atomic E-state index is -1.12. The van der Waals surface area contributed by atoms with Crippen molar-refractivity contribution in [3.63, 3.8) is 0 Å². The van der Waals surface area contributed by atoms with E-state index in [2.05, 4.69) is 0 Å². The molecule has 8 heteroatoms. The van der Waals surface area contributed by atoms with Crippen molar-refractivity contribution in [1.82, 2.24) is 4.90 Å². The van der Waals surface area contributed by atoms with Gasteiger partial charge in [-0.05, 0) is 24.6 Å². The summed E-state index contributed by atoms with van der Waals surface area (Å²) in [4.78, 5) is 42.8. The number of ketones is 2. The number of nitrogens with one attached hydrogen (secondary N) is 1. The van der Waals surface area contributed by atoms with Gasteiger partial charge in [-0.15, -0.1) is 0 Å². The van der Waals surface area contributed by atoms with E-state index in [1.54, 1.807) is 42.3 Å². The van der Waals surface area contributed by atoms with Gasteiger partial charge in [-0.1, -0.05) is 35.9 Å². The number of rotatable bonds is 8. The molecule has 2 aromatic rings. The highest BCUT2D eigenvalue weighted by Crippen LogP contribution is 2.40. The van der Waals surface area contributed by atoms with Crippen molar-refractivity contribution in [2.24, 2.45) is 5.92 Å². The van der Waals surface area contributed by atoms with Crippen LogP contribution in [0.5, 0.6) is 11.5 Å². The molecular weight excluding hydrogens is 436 g/mol.